The first-order valence-corrected chi connectivity index (χ1v) is 13.9. The highest BCUT2D eigenvalue weighted by Gasteiger charge is 2.20. The topological polar surface area (TPSA) is 30.7 Å². The van der Waals surface area contributed by atoms with Crippen LogP contribution < -0.4 is 0 Å². The van der Waals surface area contributed by atoms with Crippen molar-refractivity contribution in [1.82, 2.24) is 14.5 Å². The van der Waals surface area contributed by atoms with Crippen LogP contribution in [0, 0.1) is 6.92 Å². The van der Waals surface area contributed by atoms with Gasteiger partial charge in [0.1, 0.15) is 0 Å². The molecule has 8 aromatic rings. The van der Waals surface area contributed by atoms with Crippen LogP contribution in [0.2, 0.25) is 0 Å². The SMILES string of the molecule is C=C(c1nc(-c2ccccc2)c2ccccc2n1)n1c2ccccc2c2cccc3sc4ccc(C)c1c4c32. The molecule has 3 aromatic heterocycles. The van der Waals surface area contributed by atoms with E-state index in [2.05, 4.69) is 109 Å². The second kappa shape index (κ2) is 8.35. The molecule has 0 saturated carbocycles. The Labute approximate surface area is 229 Å². The van der Waals surface area contributed by atoms with Gasteiger partial charge in [0.15, 0.2) is 5.82 Å². The van der Waals surface area contributed by atoms with E-state index in [1.807, 2.05) is 29.5 Å². The number of aromatic nitrogens is 3. The fourth-order valence-electron chi connectivity index (χ4n) is 5.93. The van der Waals surface area contributed by atoms with Gasteiger partial charge in [0, 0.05) is 36.5 Å². The van der Waals surface area contributed by atoms with E-state index in [4.69, 9.17) is 9.97 Å². The molecule has 8 rings (SSSR count). The number of para-hydroxylation sites is 2. The van der Waals surface area contributed by atoms with Gasteiger partial charge < -0.3 is 4.57 Å². The third-order valence-electron chi connectivity index (χ3n) is 7.67. The molecule has 0 aliphatic heterocycles. The maximum absolute atomic E-state index is 5.18. The molecule has 0 atom stereocenters. The third kappa shape index (κ3) is 3.22. The largest absolute Gasteiger partial charge is 0.306 e. The minimum absolute atomic E-state index is 0.621. The molecule has 5 aromatic carbocycles. The molecule has 0 radical (unpaired) electrons. The van der Waals surface area contributed by atoms with Crippen molar-refractivity contribution in [3.8, 4) is 11.3 Å². The second-order valence-electron chi connectivity index (χ2n) is 9.96. The standard InChI is InChI=1S/C35H23N3S/c1-21-19-20-30-32-31-25(15-10-18-29(31)39-30)24-13-7-9-17-28(24)38(34(21)32)22(2)35-36-27-16-8-6-14-26(27)33(37-35)23-11-4-3-5-12-23/h3-20H,2H2,1H3. The van der Waals surface area contributed by atoms with E-state index in [1.54, 1.807) is 0 Å². The molecule has 4 heteroatoms. The molecule has 0 unspecified atom stereocenters. The molecule has 184 valence electrons. The van der Waals surface area contributed by atoms with Crippen molar-refractivity contribution in [2.24, 2.45) is 0 Å². The minimum Gasteiger partial charge on any atom is -0.306 e. The molecule has 0 aliphatic carbocycles. The summed E-state index contributed by atoms with van der Waals surface area (Å²) in [5, 5.41) is 6.04. The molecule has 0 bridgehead atoms. The van der Waals surface area contributed by atoms with Gasteiger partial charge in [0.25, 0.3) is 0 Å². The Balaban J connectivity index is 1.54. The molecule has 0 aliphatic rings. The van der Waals surface area contributed by atoms with Crippen LogP contribution in [0.5, 0.6) is 0 Å². The van der Waals surface area contributed by atoms with Crippen LogP contribution in [0.25, 0.3) is 69.8 Å². The first-order chi connectivity index (χ1) is 19.2. The number of hydrogen-bond acceptors (Lipinski definition) is 3. The molecule has 3 nitrogen and oxygen atoms in total. The van der Waals surface area contributed by atoms with E-state index >= 15 is 0 Å². The van der Waals surface area contributed by atoms with Crippen molar-refractivity contribution in [3.05, 3.63) is 127 Å². The number of benzene rings is 5. The second-order valence-corrected chi connectivity index (χ2v) is 11.0. The van der Waals surface area contributed by atoms with Crippen LogP contribution in [0.1, 0.15) is 11.4 Å². The fourth-order valence-corrected chi connectivity index (χ4v) is 7.06. The van der Waals surface area contributed by atoms with Gasteiger partial charge in [-0.3, -0.25) is 0 Å². The molecule has 39 heavy (non-hydrogen) atoms. The van der Waals surface area contributed by atoms with E-state index in [-0.39, 0.29) is 0 Å². The Morgan fingerprint density at radius 3 is 2.26 bits per heavy atom. The number of aryl methyl sites for hydroxylation is 1. The van der Waals surface area contributed by atoms with Crippen molar-refractivity contribution in [2.45, 2.75) is 6.92 Å². The Bertz CT molecular complexity index is 2250. The fraction of sp³-hybridized carbons (Fsp3) is 0.0286. The Hall–Kier alpha value is -4.80. The van der Waals surface area contributed by atoms with E-state index in [0.29, 0.717) is 5.82 Å². The Kier molecular flexibility index (Phi) is 4.76. The number of hydrogen-bond donors (Lipinski definition) is 0. The van der Waals surface area contributed by atoms with E-state index in [1.165, 1.54) is 36.5 Å². The Morgan fingerprint density at radius 1 is 0.667 bits per heavy atom. The smallest absolute Gasteiger partial charge is 0.177 e. The summed E-state index contributed by atoms with van der Waals surface area (Å²) in [4.78, 5) is 10.2. The summed E-state index contributed by atoms with van der Waals surface area (Å²) >= 11 is 1.85. The zero-order chi connectivity index (χ0) is 26.1. The summed E-state index contributed by atoms with van der Waals surface area (Å²) < 4.78 is 4.86. The number of nitrogens with zero attached hydrogens (tertiary/aromatic N) is 3. The molecule has 0 spiro atoms. The van der Waals surface area contributed by atoms with Gasteiger partial charge in [0.2, 0.25) is 0 Å². The van der Waals surface area contributed by atoms with Crippen LogP contribution >= 0.6 is 11.3 Å². The van der Waals surface area contributed by atoms with Crippen LogP contribution in [-0.4, -0.2) is 14.5 Å². The lowest BCUT2D eigenvalue weighted by Gasteiger charge is -2.17. The first kappa shape index (κ1) is 22.2. The number of fused-ring (bicyclic) bond motifs is 3. The molecular formula is C35H23N3S. The predicted molar refractivity (Wildman–Crippen MR) is 166 cm³/mol. The highest BCUT2D eigenvalue weighted by atomic mass is 32.1. The molecule has 0 fully saturated rings. The van der Waals surface area contributed by atoms with Gasteiger partial charge in [-0.15, -0.1) is 11.3 Å². The van der Waals surface area contributed by atoms with Gasteiger partial charge >= 0.3 is 0 Å². The first-order valence-electron chi connectivity index (χ1n) is 13.0. The summed E-state index contributed by atoms with van der Waals surface area (Å²) in [6, 6.07) is 38.3. The minimum atomic E-state index is 0.621. The van der Waals surface area contributed by atoms with Crippen LogP contribution in [-0.2, 0) is 0 Å². The lowest BCUT2D eigenvalue weighted by molar-refractivity contribution is 1.09. The third-order valence-corrected chi connectivity index (χ3v) is 8.80. The Morgan fingerprint density at radius 2 is 1.38 bits per heavy atom. The van der Waals surface area contributed by atoms with Crippen molar-refractivity contribution >= 4 is 69.9 Å². The lowest BCUT2D eigenvalue weighted by Crippen LogP contribution is -2.06. The van der Waals surface area contributed by atoms with Crippen molar-refractivity contribution in [2.75, 3.05) is 0 Å². The van der Waals surface area contributed by atoms with Gasteiger partial charge in [-0.25, -0.2) is 9.97 Å². The lowest BCUT2D eigenvalue weighted by atomic mass is 10.0. The predicted octanol–water partition coefficient (Wildman–Crippen LogP) is 9.60. The summed E-state index contributed by atoms with van der Waals surface area (Å²) in [6.07, 6.45) is 0. The number of thiophene rings is 1. The van der Waals surface area contributed by atoms with Crippen molar-refractivity contribution < 1.29 is 0 Å². The zero-order valence-corrected chi connectivity index (χ0v) is 22.2. The van der Waals surface area contributed by atoms with Crippen LogP contribution in [0.15, 0.2) is 116 Å². The van der Waals surface area contributed by atoms with E-state index in [0.717, 1.165) is 38.9 Å². The summed E-state index contributed by atoms with van der Waals surface area (Å²) in [5.41, 5.74) is 7.07. The van der Waals surface area contributed by atoms with Gasteiger partial charge in [-0.05, 0) is 42.1 Å². The maximum atomic E-state index is 5.18. The van der Waals surface area contributed by atoms with Crippen molar-refractivity contribution in [1.29, 1.82) is 0 Å². The number of rotatable bonds is 3. The summed E-state index contributed by atoms with van der Waals surface area (Å²) in [6.45, 7) is 6.86. The average Bonchev–Trinajstić information content (AvgIpc) is 3.31. The van der Waals surface area contributed by atoms with Gasteiger partial charge in [-0.1, -0.05) is 91.5 Å². The normalized spacial score (nSPS) is 11.8. The highest BCUT2D eigenvalue weighted by molar-refractivity contribution is 7.26. The molecule has 0 saturated heterocycles. The van der Waals surface area contributed by atoms with E-state index < -0.39 is 0 Å². The van der Waals surface area contributed by atoms with Gasteiger partial charge in [-0.2, -0.15) is 0 Å². The highest BCUT2D eigenvalue weighted by Crippen LogP contribution is 2.44. The monoisotopic (exact) mass is 517 g/mol. The van der Waals surface area contributed by atoms with E-state index in [9.17, 15) is 0 Å². The summed E-state index contributed by atoms with van der Waals surface area (Å²) in [7, 11) is 0. The molecular weight excluding hydrogens is 494 g/mol. The average molecular weight is 518 g/mol. The molecule has 0 N–H and O–H groups in total. The molecule has 0 amide bonds. The van der Waals surface area contributed by atoms with Crippen molar-refractivity contribution in [3.63, 3.8) is 0 Å². The van der Waals surface area contributed by atoms with Gasteiger partial charge in [0.05, 0.1) is 27.9 Å². The van der Waals surface area contributed by atoms with Crippen LogP contribution in [0.4, 0.5) is 0 Å². The maximum Gasteiger partial charge on any atom is 0.177 e. The molecule has 3 heterocycles. The zero-order valence-electron chi connectivity index (χ0n) is 21.3. The summed E-state index contributed by atoms with van der Waals surface area (Å²) in [5.74, 6) is 0.621. The quantitative estimate of drug-likeness (QED) is 0.234. The van der Waals surface area contributed by atoms with Crippen LogP contribution in [0.3, 0.4) is 0 Å².